The highest BCUT2D eigenvalue weighted by Crippen LogP contribution is 2.22. The van der Waals surface area contributed by atoms with Crippen molar-refractivity contribution in [1.82, 2.24) is 4.31 Å². The predicted octanol–water partition coefficient (Wildman–Crippen LogP) is 2.93. The van der Waals surface area contributed by atoms with Crippen LogP contribution in [0.5, 0.6) is 0 Å². The van der Waals surface area contributed by atoms with Gasteiger partial charge in [0.2, 0.25) is 15.8 Å². The molecule has 0 aliphatic carbocycles. The van der Waals surface area contributed by atoms with E-state index in [9.17, 15) is 22.4 Å². The van der Waals surface area contributed by atoms with Crippen LogP contribution in [0, 0.1) is 5.82 Å². The van der Waals surface area contributed by atoms with Crippen LogP contribution in [-0.4, -0.2) is 56.9 Å². The SMILES string of the molecule is CC(OC(=O)c1cc(S(=O)(=O)N2CCOCC2)ccc1F)C(=O)c1ccc(Cl)cc1. The van der Waals surface area contributed by atoms with Gasteiger partial charge in [0.05, 0.1) is 23.7 Å². The van der Waals surface area contributed by atoms with Crippen LogP contribution in [-0.2, 0) is 19.5 Å². The van der Waals surface area contributed by atoms with Crippen molar-refractivity contribution in [2.45, 2.75) is 17.9 Å². The number of esters is 1. The van der Waals surface area contributed by atoms with E-state index < -0.39 is 39.3 Å². The third-order valence-electron chi connectivity index (χ3n) is 4.55. The maximum Gasteiger partial charge on any atom is 0.341 e. The number of Topliss-reactive ketones (excluding diaryl/α,β-unsaturated/α-hetero) is 1. The van der Waals surface area contributed by atoms with Crippen molar-refractivity contribution in [3.8, 4) is 0 Å². The van der Waals surface area contributed by atoms with E-state index in [1.165, 1.54) is 35.5 Å². The Morgan fingerprint density at radius 3 is 2.40 bits per heavy atom. The molecule has 0 radical (unpaired) electrons. The van der Waals surface area contributed by atoms with Crippen LogP contribution < -0.4 is 0 Å². The van der Waals surface area contributed by atoms with E-state index in [0.717, 1.165) is 18.2 Å². The minimum Gasteiger partial charge on any atom is -0.451 e. The molecule has 1 atom stereocenters. The van der Waals surface area contributed by atoms with E-state index in [1.807, 2.05) is 0 Å². The third kappa shape index (κ3) is 4.86. The number of rotatable bonds is 6. The van der Waals surface area contributed by atoms with Gasteiger partial charge in [0.1, 0.15) is 5.82 Å². The van der Waals surface area contributed by atoms with Crippen molar-refractivity contribution in [3.05, 3.63) is 64.4 Å². The minimum absolute atomic E-state index is 0.159. The van der Waals surface area contributed by atoms with Crippen molar-refractivity contribution in [2.75, 3.05) is 26.3 Å². The molecule has 0 aromatic heterocycles. The first-order valence-corrected chi connectivity index (χ1v) is 10.9. The van der Waals surface area contributed by atoms with Crippen molar-refractivity contribution >= 4 is 33.4 Å². The molecule has 2 aromatic carbocycles. The summed E-state index contributed by atoms with van der Waals surface area (Å²) in [7, 11) is -3.93. The number of benzene rings is 2. The van der Waals surface area contributed by atoms with Crippen LogP contribution in [0.3, 0.4) is 0 Å². The maximum atomic E-state index is 14.2. The van der Waals surface area contributed by atoms with Crippen molar-refractivity contribution in [2.24, 2.45) is 0 Å². The highest BCUT2D eigenvalue weighted by Gasteiger charge is 2.29. The first-order valence-electron chi connectivity index (χ1n) is 9.08. The number of ketones is 1. The van der Waals surface area contributed by atoms with Crippen LogP contribution in [0.25, 0.3) is 0 Å². The van der Waals surface area contributed by atoms with Crippen LogP contribution in [0.2, 0.25) is 5.02 Å². The van der Waals surface area contributed by atoms with Crippen molar-refractivity contribution < 1.29 is 31.9 Å². The van der Waals surface area contributed by atoms with Gasteiger partial charge in [0.25, 0.3) is 0 Å². The molecule has 1 heterocycles. The summed E-state index contributed by atoms with van der Waals surface area (Å²) < 4.78 is 51.2. The highest BCUT2D eigenvalue weighted by molar-refractivity contribution is 7.89. The van der Waals surface area contributed by atoms with Gasteiger partial charge in [-0.15, -0.1) is 0 Å². The zero-order valence-corrected chi connectivity index (χ0v) is 17.6. The Hall–Kier alpha value is -2.33. The molecule has 7 nitrogen and oxygen atoms in total. The number of morpholine rings is 1. The van der Waals surface area contributed by atoms with Gasteiger partial charge in [0, 0.05) is 23.7 Å². The highest BCUT2D eigenvalue weighted by atomic mass is 35.5. The number of nitrogens with zero attached hydrogens (tertiary/aromatic N) is 1. The fourth-order valence-corrected chi connectivity index (χ4v) is 4.44. The summed E-state index contributed by atoms with van der Waals surface area (Å²) in [5.41, 5.74) is -0.302. The second-order valence-electron chi connectivity index (χ2n) is 6.58. The van der Waals surface area contributed by atoms with Crippen molar-refractivity contribution in [3.63, 3.8) is 0 Å². The Bertz CT molecular complexity index is 1050. The van der Waals surface area contributed by atoms with Crippen LogP contribution in [0.1, 0.15) is 27.6 Å². The average Bonchev–Trinajstić information content (AvgIpc) is 2.74. The van der Waals surface area contributed by atoms with E-state index in [4.69, 9.17) is 21.1 Å². The van der Waals surface area contributed by atoms with E-state index in [0.29, 0.717) is 5.02 Å². The first kappa shape index (κ1) is 22.4. The van der Waals surface area contributed by atoms with E-state index in [1.54, 1.807) is 0 Å². The molecule has 160 valence electrons. The molecule has 0 saturated carbocycles. The molecular weight excluding hydrogens is 437 g/mol. The van der Waals surface area contributed by atoms with Gasteiger partial charge < -0.3 is 9.47 Å². The number of hydrogen-bond donors (Lipinski definition) is 0. The van der Waals surface area contributed by atoms with Crippen LogP contribution >= 0.6 is 11.6 Å². The lowest BCUT2D eigenvalue weighted by atomic mass is 10.1. The Balaban J connectivity index is 1.79. The predicted molar refractivity (Wildman–Crippen MR) is 107 cm³/mol. The van der Waals surface area contributed by atoms with Gasteiger partial charge in [-0.05, 0) is 49.4 Å². The lowest BCUT2D eigenvalue weighted by Crippen LogP contribution is -2.40. The summed E-state index contributed by atoms with van der Waals surface area (Å²) in [6.45, 7) is 2.17. The lowest BCUT2D eigenvalue weighted by Gasteiger charge is -2.26. The summed E-state index contributed by atoms with van der Waals surface area (Å²) in [6, 6.07) is 8.87. The van der Waals surface area contributed by atoms with Crippen LogP contribution in [0.4, 0.5) is 4.39 Å². The molecule has 0 bridgehead atoms. The van der Waals surface area contributed by atoms with Gasteiger partial charge in [-0.25, -0.2) is 17.6 Å². The van der Waals surface area contributed by atoms with Gasteiger partial charge in [-0.1, -0.05) is 11.6 Å². The molecule has 1 aliphatic heterocycles. The van der Waals surface area contributed by atoms with Gasteiger partial charge in [-0.3, -0.25) is 4.79 Å². The molecule has 1 unspecified atom stereocenters. The summed E-state index contributed by atoms with van der Waals surface area (Å²) in [5, 5.41) is 0.441. The van der Waals surface area contributed by atoms with Gasteiger partial charge in [-0.2, -0.15) is 4.31 Å². The molecule has 1 aliphatic rings. The zero-order valence-electron chi connectivity index (χ0n) is 16.0. The largest absolute Gasteiger partial charge is 0.451 e. The zero-order chi connectivity index (χ0) is 21.9. The Kier molecular flexibility index (Phi) is 6.87. The number of carbonyl (C=O) groups excluding carboxylic acids is 2. The fraction of sp³-hybridized carbons (Fsp3) is 0.300. The van der Waals surface area contributed by atoms with Crippen molar-refractivity contribution in [1.29, 1.82) is 0 Å². The molecule has 1 fully saturated rings. The average molecular weight is 456 g/mol. The summed E-state index contributed by atoms with van der Waals surface area (Å²) in [4.78, 5) is 24.6. The Morgan fingerprint density at radius 1 is 1.13 bits per heavy atom. The normalized spacial score (nSPS) is 16.1. The molecule has 10 heteroatoms. The maximum absolute atomic E-state index is 14.2. The van der Waals surface area contributed by atoms with Crippen LogP contribution in [0.15, 0.2) is 47.4 Å². The second-order valence-corrected chi connectivity index (χ2v) is 8.95. The molecule has 0 spiro atoms. The van der Waals surface area contributed by atoms with E-state index in [2.05, 4.69) is 0 Å². The Labute approximate surface area is 178 Å². The number of halogens is 2. The molecule has 0 amide bonds. The third-order valence-corrected chi connectivity index (χ3v) is 6.69. The number of ether oxygens (including phenoxy) is 2. The molecule has 1 saturated heterocycles. The summed E-state index contributed by atoms with van der Waals surface area (Å²) >= 11 is 5.79. The fourth-order valence-electron chi connectivity index (χ4n) is 2.88. The molecule has 3 rings (SSSR count). The van der Waals surface area contributed by atoms with E-state index in [-0.39, 0.29) is 36.8 Å². The minimum atomic E-state index is -3.93. The standard InChI is InChI=1S/C20H19ClFNO6S/c1-13(19(24)14-2-4-15(21)5-3-14)29-20(25)17-12-16(6-7-18(17)22)30(26,27)23-8-10-28-11-9-23/h2-7,12-13H,8-11H2,1H3. The summed E-state index contributed by atoms with van der Waals surface area (Å²) in [5.74, 6) is -2.59. The molecule has 30 heavy (non-hydrogen) atoms. The monoisotopic (exact) mass is 455 g/mol. The molecule has 0 N–H and O–H groups in total. The lowest BCUT2D eigenvalue weighted by molar-refractivity contribution is 0.0314. The summed E-state index contributed by atoms with van der Waals surface area (Å²) in [6.07, 6.45) is -1.21. The number of carbonyl (C=O) groups is 2. The smallest absolute Gasteiger partial charge is 0.341 e. The molecular formula is C20H19ClFNO6S. The molecule has 2 aromatic rings. The second kappa shape index (κ2) is 9.22. The van der Waals surface area contributed by atoms with Gasteiger partial charge >= 0.3 is 5.97 Å². The first-order chi connectivity index (χ1) is 14.2. The topological polar surface area (TPSA) is 90.0 Å². The van der Waals surface area contributed by atoms with Gasteiger partial charge in [0.15, 0.2) is 6.10 Å². The Morgan fingerprint density at radius 2 is 1.77 bits per heavy atom. The quantitative estimate of drug-likeness (QED) is 0.491. The number of hydrogen-bond acceptors (Lipinski definition) is 6. The van der Waals surface area contributed by atoms with E-state index >= 15 is 0 Å². The number of sulfonamides is 1.